The molecule has 0 spiro atoms. The fourth-order valence-corrected chi connectivity index (χ4v) is 2.40. The Kier molecular flexibility index (Phi) is 6.40. The molecule has 0 fully saturated rings. The van der Waals surface area contributed by atoms with E-state index in [1.807, 2.05) is 62.0 Å². The van der Waals surface area contributed by atoms with Crippen molar-refractivity contribution < 1.29 is 9.53 Å². The Balaban J connectivity index is 1.95. The Morgan fingerprint density at radius 3 is 2.31 bits per heavy atom. The second kappa shape index (κ2) is 8.17. The zero-order valence-corrected chi connectivity index (χ0v) is 17.0. The van der Waals surface area contributed by atoms with Crippen LogP contribution in [0, 0.1) is 5.41 Å². The SMILES string of the molecule is CCC(C)(C)OCCn1ccc(-c2ccc(CC(=O)C(C)(C)C)cc2)n1. The molecule has 1 aromatic carbocycles. The van der Waals surface area contributed by atoms with Gasteiger partial charge < -0.3 is 4.74 Å². The van der Waals surface area contributed by atoms with E-state index in [0.29, 0.717) is 13.0 Å². The van der Waals surface area contributed by atoms with Crippen LogP contribution in [0.15, 0.2) is 36.5 Å². The third-order valence-electron chi connectivity index (χ3n) is 4.76. The van der Waals surface area contributed by atoms with Crippen LogP contribution >= 0.6 is 0 Å². The molecule has 0 radical (unpaired) electrons. The Labute approximate surface area is 157 Å². The number of ether oxygens (including phenoxy) is 1. The molecule has 2 rings (SSSR count). The highest BCUT2D eigenvalue weighted by molar-refractivity contribution is 5.85. The summed E-state index contributed by atoms with van der Waals surface area (Å²) < 4.78 is 7.80. The normalized spacial score (nSPS) is 12.4. The van der Waals surface area contributed by atoms with Gasteiger partial charge in [-0.25, -0.2) is 0 Å². The number of rotatable bonds is 8. The monoisotopic (exact) mass is 356 g/mol. The number of carbonyl (C=O) groups is 1. The van der Waals surface area contributed by atoms with Crippen LogP contribution in [0.5, 0.6) is 0 Å². The van der Waals surface area contributed by atoms with Gasteiger partial charge >= 0.3 is 0 Å². The van der Waals surface area contributed by atoms with Gasteiger partial charge in [-0.15, -0.1) is 0 Å². The lowest BCUT2D eigenvalue weighted by atomic mass is 9.87. The van der Waals surface area contributed by atoms with Gasteiger partial charge in [0, 0.05) is 23.6 Å². The average Bonchev–Trinajstić information content (AvgIpc) is 3.03. The summed E-state index contributed by atoms with van der Waals surface area (Å²) in [4.78, 5) is 12.2. The molecule has 1 aromatic heterocycles. The van der Waals surface area contributed by atoms with Crippen LogP contribution in [0.25, 0.3) is 11.3 Å². The molecule has 26 heavy (non-hydrogen) atoms. The van der Waals surface area contributed by atoms with Gasteiger partial charge in [0.2, 0.25) is 0 Å². The van der Waals surface area contributed by atoms with E-state index >= 15 is 0 Å². The highest BCUT2D eigenvalue weighted by Crippen LogP contribution is 2.21. The summed E-state index contributed by atoms with van der Waals surface area (Å²) in [5.74, 6) is 0.254. The number of aromatic nitrogens is 2. The topological polar surface area (TPSA) is 44.1 Å². The van der Waals surface area contributed by atoms with Crippen LogP contribution < -0.4 is 0 Å². The summed E-state index contributed by atoms with van der Waals surface area (Å²) in [6.07, 6.45) is 3.44. The van der Waals surface area contributed by atoms with Gasteiger partial charge in [-0.3, -0.25) is 9.48 Å². The van der Waals surface area contributed by atoms with Crippen LogP contribution in [-0.4, -0.2) is 27.8 Å². The molecule has 0 amide bonds. The molecule has 1 heterocycles. The molecule has 0 unspecified atom stereocenters. The molecule has 142 valence electrons. The van der Waals surface area contributed by atoms with E-state index in [4.69, 9.17) is 4.74 Å². The van der Waals surface area contributed by atoms with Crippen LogP contribution in [0.3, 0.4) is 0 Å². The minimum atomic E-state index is -0.300. The molecule has 0 bridgehead atoms. The van der Waals surface area contributed by atoms with Gasteiger partial charge in [0.05, 0.1) is 24.4 Å². The van der Waals surface area contributed by atoms with Gasteiger partial charge in [-0.2, -0.15) is 5.10 Å². The largest absolute Gasteiger partial charge is 0.374 e. The van der Waals surface area contributed by atoms with Gasteiger partial charge in [-0.05, 0) is 31.9 Å². The van der Waals surface area contributed by atoms with Crippen molar-refractivity contribution >= 4 is 5.78 Å². The smallest absolute Gasteiger partial charge is 0.142 e. The molecule has 0 aliphatic carbocycles. The molecule has 0 saturated heterocycles. The van der Waals surface area contributed by atoms with Crippen LogP contribution in [0.2, 0.25) is 0 Å². The summed E-state index contributed by atoms with van der Waals surface area (Å²) in [6, 6.07) is 10.1. The number of Topliss-reactive ketones (excluding diaryl/α,β-unsaturated/α-hetero) is 1. The van der Waals surface area contributed by atoms with Crippen molar-refractivity contribution in [2.75, 3.05) is 6.61 Å². The molecule has 0 atom stereocenters. The molecule has 0 saturated carbocycles. The Morgan fingerprint density at radius 2 is 1.73 bits per heavy atom. The van der Waals surface area contributed by atoms with Crippen molar-refractivity contribution in [2.24, 2.45) is 5.41 Å². The van der Waals surface area contributed by atoms with Crippen molar-refractivity contribution in [3.8, 4) is 11.3 Å². The number of hydrogen-bond donors (Lipinski definition) is 0. The molecule has 0 N–H and O–H groups in total. The van der Waals surface area contributed by atoms with Crippen LogP contribution in [-0.2, 0) is 22.5 Å². The molecular formula is C22H32N2O2. The highest BCUT2D eigenvalue weighted by atomic mass is 16.5. The van der Waals surface area contributed by atoms with E-state index < -0.39 is 0 Å². The maximum atomic E-state index is 12.2. The first-order chi connectivity index (χ1) is 12.1. The predicted molar refractivity (Wildman–Crippen MR) is 106 cm³/mol. The van der Waals surface area contributed by atoms with E-state index in [1.54, 1.807) is 0 Å². The van der Waals surface area contributed by atoms with Crippen LogP contribution in [0.1, 0.15) is 53.5 Å². The van der Waals surface area contributed by atoms with E-state index in [0.717, 1.165) is 29.8 Å². The van der Waals surface area contributed by atoms with Crippen LogP contribution in [0.4, 0.5) is 0 Å². The van der Waals surface area contributed by atoms with Gasteiger partial charge in [0.25, 0.3) is 0 Å². The second-order valence-corrected chi connectivity index (χ2v) is 8.47. The highest BCUT2D eigenvalue weighted by Gasteiger charge is 2.21. The average molecular weight is 357 g/mol. The van der Waals surface area contributed by atoms with E-state index in [-0.39, 0.29) is 16.8 Å². The first-order valence-electron chi connectivity index (χ1n) is 9.41. The minimum Gasteiger partial charge on any atom is -0.374 e. The number of hydrogen-bond acceptors (Lipinski definition) is 3. The summed E-state index contributed by atoms with van der Waals surface area (Å²) in [5.41, 5.74) is 2.66. The molecule has 0 aliphatic heterocycles. The first-order valence-corrected chi connectivity index (χ1v) is 9.41. The number of ketones is 1. The van der Waals surface area contributed by atoms with E-state index in [9.17, 15) is 4.79 Å². The van der Waals surface area contributed by atoms with Crippen molar-refractivity contribution in [1.82, 2.24) is 9.78 Å². The standard InChI is InChI=1S/C22H32N2O2/c1-7-22(5,6)26-15-14-24-13-12-19(23-24)18-10-8-17(9-11-18)16-20(25)21(2,3)4/h8-13H,7,14-16H2,1-6H3. The fraction of sp³-hybridized carbons (Fsp3) is 0.545. The zero-order chi connectivity index (χ0) is 19.4. The van der Waals surface area contributed by atoms with Gasteiger partial charge in [0.1, 0.15) is 5.78 Å². The second-order valence-electron chi connectivity index (χ2n) is 8.47. The van der Waals surface area contributed by atoms with E-state index in [2.05, 4.69) is 25.9 Å². The minimum absolute atomic E-state index is 0.0870. The summed E-state index contributed by atoms with van der Waals surface area (Å²) in [7, 11) is 0. The third-order valence-corrected chi connectivity index (χ3v) is 4.76. The summed E-state index contributed by atoms with van der Waals surface area (Å²) in [5, 5.41) is 4.63. The Bertz CT molecular complexity index is 721. The van der Waals surface area contributed by atoms with Crippen molar-refractivity contribution in [1.29, 1.82) is 0 Å². The zero-order valence-electron chi connectivity index (χ0n) is 17.0. The van der Waals surface area contributed by atoms with Crippen molar-refractivity contribution in [2.45, 2.75) is 66.5 Å². The van der Waals surface area contributed by atoms with Gasteiger partial charge in [-0.1, -0.05) is 52.0 Å². The summed E-state index contributed by atoms with van der Waals surface area (Å²) >= 11 is 0. The summed E-state index contributed by atoms with van der Waals surface area (Å²) in [6.45, 7) is 13.6. The first kappa shape index (κ1) is 20.4. The fourth-order valence-electron chi connectivity index (χ4n) is 2.40. The predicted octanol–water partition coefficient (Wildman–Crippen LogP) is 4.91. The molecule has 4 heteroatoms. The Hall–Kier alpha value is -1.94. The lowest BCUT2D eigenvalue weighted by Gasteiger charge is -2.23. The molecule has 0 aliphatic rings. The third kappa shape index (κ3) is 5.80. The maximum Gasteiger partial charge on any atom is 0.142 e. The maximum absolute atomic E-state index is 12.2. The van der Waals surface area contributed by atoms with Gasteiger partial charge in [0.15, 0.2) is 0 Å². The molecular weight excluding hydrogens is 324 g/mol. The van der Waals surface area contributed by atoms with E-state index in [1.165, 1.54) is 0 Å². The molecule has 2 aromatic rings. The number of carbonyl (C=O) groups excluding carboxylic acids is 1. The quantitative estimate of drug-likeness (QED) is 0.675. The number of benzene rings is 1. The lowest BCUT2D eigenvalue weighted by Crippen LogP contribution is -2.25. The van der Waals surface area contributed by atoms with Crippen molar-refractivity contribution in [3.05, 3.63) is 42.1 Å². The van der Waals surface area contributed by atoms with Crippen molar-refractivity contribution in [3.63, 3.8) is 0 Å². The molecule has 4 nitrogen and oxygen atoms in total. The lowest BCUT2D eigenvalue weighted by molar-refractivity contribution is -0.125. The Morgan fingerprint density at radius 1 is 1.08 bits per heavy atom. The number of nitrogens with zero attached hydrogens (tertiary/aromatic N) is 2.